The number of sulfonamides is 1. The number of benzene rings is 1. The fraction of sp³-hybridized carbons (Fsp3) is 0.429. The fourth-order valence-corrected chi connectivity index (χ4v) is 4.43. The Morgan fingerprint density at radius 1 is 1.43 bits per heavy atom. The Balaban J connectivity index is 2.46. The van der Waals surface area contributed by atoms with Crippen LogP contribution in [0.15, 0.2) is 23.1 Å². The van der Waals surface area contributed by atoms with Crippen molar-refractivity contribution in [3.63, 3.8) is 0 Å². The van der Waals surface area contributed by atoms with Crippen molar-refractivity contribution in [2.75, 3.05) is 6.54 Å². The topological polar surface area (TPSA) is 98.5 Å². The molecular weight excluding hydrogens is 292 g/mol. The number of aliphatic carboxylic acids is 1. The summed E-state index contributed by atoms with van der Waals surface area (Å²) in [6, 6.07) is 5.23. The molecule has 7 heteroatoms. The molecule has 1 N–H and O–H groups in total. The van der Waals surface area contributed by atoms with Crippen LogP contribution >= 0.6 is 0 Å². The summed E-state index contributed by atoms with van der Waals surface area (Å²) in [5, 5.41) is 18.1. The van der Waals surface area contributed by atoms with Crippen molar-refractivity contribution in [3.8, 4) is 6.07 Å². The first kappa shape index (κ1) is 15.5. The molecule has 112 valence electrons. The number of rotatable bonds is 3. The Bertz CT molecular complexity index is 706. The van der Waals surface area contributed by atoms with Crippen molar-refractivity contribution >= 4 is 16.0 Å². The van der Waals surface area contributed by atoms with Crippen LogP contribution in [0.3, 0.4) is 0 Å². The Morgan fingerprint density at radius 2 is 2.14 bits per heavy atom. The third-order valence-corrected chi connectivity index (χ3v) is 5.70. The molecule has 1 aromatic rings. The summed E-state index contributed by atoms with van der Waals surface area (Å²) < 4.78 is 26.5. The Morgan fingerprint density at radius 3 is 2.71 bits per heavy atom. The molecule has 0 amide bonds. The number of nitriles is 1. The molecule has 0 saturated carbocycles. The average molecular weight is 308 g/mol. The Hall–Kier alpha value is -1.91. The molecule has 0 radical (unpaired) electrons. The van der Waals surface area contributed by atoms with E-state index in [1.807, 2.05) is 6.07 Å². The van der Waals surface area contributed by atoms with Gasteiger partial charge in [0.1, 0.15) is 6.04 Å². The summed E-state index contributed by atoms with van der Waals surface area (Å²) in [5.41, 5.74) is 0.823. The third kappa shape index (κ3) is 2.91. The van der Waals surface area contributed by atoms with Crippen LogP contribution < -0.4 is 0 Å². The highest BCUT2D eigenvalue weighted by Gasteiger charge is 2.38. The molecule has 1 aliphatic rings. The minimum atomic E-state index is -3.87. The lowest BCUT2D eigenvalue weighted by molar-refractivity contribution is -0.142. The first-order valence-corrected chi connectivity index (χ1v) is 8.07. The molecule has 0 aliphatic carbocycles. The summed E-state index contributed by atoms with van der Waals surface area (Å²) >= 11 is 0. The minimum Gasteiger partial charge on any atom is -0.480 e. The van der Waals surface area contributed by atoms with E-state index in [4.69, 9.17) is 5.26 Å². The van der Waals surface area contributed by atoms with E-state index >= 15 is 0 Å². The SMILES string of the molecule is Cc1cc(C#N)ccc1S(=O)(=O)N1CCCC[C@H]1C(=O)O. The van der Waals surface area contributed by atoms with E-state index in [0.717, 1.165) is 4.31 Å². The maximum atomic E-state index is 12.7. The van der Waals surface area contributed by atoms with Crippen LogP contribution in [0.4, 0.5) is 0 Å². The van der Waals surface area contributed by atoms with Gasteiger partial charge in [0, 0.05) is 6.54 Å². The lowest BCUT2D eigenvalue weighted by Crippen LogP contribution is -2.47. The van der Waals surface area contributed by atoms with Gasteiger partial charge >= 0.3 is 5.97 Å². The molecular formula is C14H16N2O4S. The summed E-state index contributed by atoms with van der Waals surface area (Å²) in [5.74, 6) is -1.12. The van der Waals surface area contributed by atoms with Crippen LogP contribution in [-0.4, -0.2) is 36.4 Å². The number of carboxylic acids is 1. The van der Waals surface area contributed by atoms with E-state index < -0.39 is 22.0 Å². The van der Waals surface area contributed by atoms with Gasteiger partial charge in [-0.3, -0.25) is 4.79 Å². The van der Waals surface area contributed by atoms with Crippen molar-refractivity contribution in [1.82, 2.24) is 4.31 Å². The summed E-state index contributed by atoms with van der Waals surface area (Å²) in [6.07, 6.45) is 1.68. The lowest BCUT2D eigenvalue weighted by atomic mass is 10.1. The first-order valence-electron chi connectivity index (χ1n) is 6.63. The highest BCUT2D eigenvalue weighted by molar-refractivity contribution is 7.89. The van der Waals surface area contributed by atoms with Crippen molar-refractivity contribution < 1.29 is 18.3 Å². The molecule has 2 rings (SSSR count). The number of hydrogen-bond acceptors (Lipinski definition) is 4. The van der Waals surface area contributed by atoms with Gasteiger partial charge in [0.2, 0.25) is 10.0 Å². The maximum Gasteiger partial charge on any atom is 0.322 e. The second-order valence-corrected chi connectivity index (χ2v) is 6.92. The average Bonchev–Trinajstić information content (AvgIpc) is 2.46. The monoisotopic (exact) mass is 308 g/mol. The predicted molar refractivity (Wildman–Crippen MR) is 75.1 cm³/mol. The normalized spacial score (nSPS) is 19.9. The zero-order valence-electron chi connectivity index (χ0n) is 11.6. The Labute approximate surface area is 123 Å². The number of aryl methyl sites for hydroxylation is 1. The summed E-state index contributed by atoms with van der Waals surface area (Å²) in [7, 11) is -3.87. The summed E-state index contributed by atoms with van der Waals surface area (Å²) in [4.78, 5) is 11.3. The van der Waals surface area contributed by atoms with Gasteiger partial charge in [-0.05, 0) is 49.9 Å². The second kappa shape index (κ2) is 5.84. The van der Waals surface area contributed by atoms with Crippen LogP contribution in [0.5, 0.6) is 0 Å². The van der Waals surface area contributed by atoms with E-state index in [-0.39, 0.29) is 11.4 Å². The third-order valence-electron chi connectivity index (χ3n) is 3.63. The van der Waals surface area contributed by atoms with Gasteiger partial charge in [-0.2, -0.15) is 9.57 Å². The van der Waals surface area contributed by atoms with Crippen LogP contribution in [0.1, 0.15) is 30.4 Å². The van der Waals surface area contributed by atoms with Crippen molar-refractivity contribution in [3.05, 3.63) is 29.3 Å². The lowest BCUT2D eigenvalue weighted by Gasteiger charge is -2.32. The van der Waals surface area contributed by atoms with E-state index in [1.165, 1.54) is 18.2 Å². The van der Waals surface area contributed by atoms with Gasteiger partial charge in [0.05, 0.1) is 16.5 Å². The largest absolute Gasteiger partial charge is 0.480 e. The standard InChI is InChI=1S/C14H16N2O4S/c1-10-8-11(9-15)5-6-13(10)21(19,20)16-7-3-2-4-12(16)14(17)18/h5-6,8,12H,2-4,7H2,1H3,(H,17,18)/t12-/m0/s1. The number of carbonyl (C=O) groups is 1. The minimum absolute atomic E-state index is 0.0645. The van der Waals surface area contributed by atoms with Gasteiger partial charge in [-0.1, -0.05) is 0 Å². The van der Waals surface area contributed by atoms with Crippen molar-refractivity contribution in [1.29, 1.82) is 5.26 Å². The van der Waals surface area contributed by atoms with Crippen LogP contribution in [0.2, 0.25) is 0 Å². The van der Waals surface area contributed by atoms with E-state index in [9.17, 15) is 18.3 Å². The molecule has 1 aliphatic heterocycles. The van der Waals surface area contributed by atoms with E-state index in [0.29, 0.717) is 30.4 Å². The molecule has 1 aromatic carbocycles. The number of nitrogens with zero attached hydrogens (tertiary/aromatic N) is 2. The number of piperidine rings is 1. The second-order valence-electron chi connectivity index (χ2n) is 5.06. The van der Waals surface area contributed by atoms with Gasteiger partial charge in [0.25, 0.3) is 0 Å². The molecule has 1 fully saturated rings. The summed E-state index contributed by atoms with van der Waals surface area (Å²) in [6.45, 7) is 1.81. The zero-order valence-corrected chi connectivity index (χ0v) is 12.4. The molecule has 1 atom stereocenters. The van der Waals surface area contributed by atoms with E-state index in [2.05, 4.69) is 0 Å². The zero-order chi connectivity index (χ0) is 15.6. The highest BCUT2D eigenvalue weighted by atomic mass is 32.2. The van der Waals surface area contributed by atoms with Crippen molar-refractivity contribution in [2.24, 2.45) is 0 Å². The molecule has 1 heterocycles. The van der Waals surface area contributed by atoms with Crippen LogP contribution in [0.25, 0.3) is 0 Å². The fourth-order valence-electron chi connectivity index (χ4n) is 2.57. The molecule has 6 nitrogen and oxygen atoms in total. The molecule has 1 saturated heterocycles. The van der Waals surface area contributed by atoms with Gasteiger partial charge in [-0.15, -0.1) is 0 Å². The van der Waals surface area contributed by atoms with Crippen LogP contribution in [-0.2, 0) is 14.8 Å². The highest BCUT2D eigenvalue weighted by Crippen LogP contribution is 2.27. The maximum absolute atomic E-state index is 12.7. The molecule has 0 bridgehead atoms. The van der Waals surface area contributed by atoms with Crippen LogP contribution in [0, 0.1) is 18.3 Å². The van der Waals surface area contributed by atoms with Gasteiger partial charge < -0.3 is 5.11 Å². The van der Waals surface area contributed by atoms with Gasteiger partial charge in [-0.25, -0.2) is 8.42 Å². The molecule has 0 unspecified atom stereocenters. The quantitative estimate of drug-likeness (QED) is 0.912. The van der Waals surface area contributed by atoms with Crippen molar-refractivity contribution in [2.45, 2.75) is 37.1 Å². The first-order chi connectivity index (χ1) is 9.87. The molecule has 0 aromatic heterocycles. The Kier molecular flexibility index (Phi) is 4.30. The number of carboxylic acid groups (broad SMARTS) is 1. The number of hydrogen-bond donors (Lipinski definition) is 1. The smallest absolute Gasteiger partial charge is 0.322 e. The molecule has 21 heavy (non-hydrogen) atoms. The van der Waals surface area contributed by atoms with E-state index in [1.54, 1.807) is 6.92 Å². The predicted octanol–water partition coefficient (Wildman–Crippen LogP) is 1.49. The molecule has 0 spiro atoms. The van der Waals surface area contributed by atoms with Gasteiger partial charge in [0.15, 0.2) is 0 Å².